The van der Waals surface area contributed by atoms with E-state index < -0.39 is 11.8 Å². The summed E-state index contributed by atoms with van der Waals surface area (Å²) in [5, 5.41) is 6.12. The molecule has 102 valence electrons. The van der Waals surface area contributed by atoms with E-state index in [1.165, 1.54) is 6.20 Å². The van der Waals surface area contributed by atoms with Crippen LogP contribution in [0.4, 0.5) is 5.82 Å². The zero-order chi connectivity index (χ0) is 13.7. The fourth-order valence-electron chi connectivity index (χ4n) is 1.81. The Morgan fingerprint density at radius 3 is 2.89 bits per heavy atom. The fraction of sp³-hybridized carbons (Fsp3) is 0.417. The van der Waals surface area contributed by atoms with Gasteiger partial charge in [-0.05, 0) is 25.1 Å². The van der Waals surface area contributed by atoms with Gasteiger partial charge in [-0.1, -0.05) is 11.6 Å². The van der Waals surface area contributed by atoms with Crippen LogP contribution in [0.15, 0.2) is 18.3 Å². The van der Waals surface area contributed by atoms with E-state index >= 15 is 0 Å². The molecule has 2 amide bonds. The molecule has 0 aliphatic carbocycles. The molecule has 2 N–H and O–H groups in total. The molecule has 1 aromatic rings. The molecular weight excluding hydrogens is 268 g/mol. The minimum Gasteiger partial charge on any atom is -0.333 e. The van der Waals surface area contributed by atoms with Crippen molar-refractivity contribution in [1.29, 1.82) is 0 Å². The molecule has 0 unspecified atom stereocenters. The highest BCUT2D eigenvalue weighted by molar-refractivity contribution is 6.39. The lowest BCUT2D eigenvalue weighted by Gasteiger charge is -2.18. The number of rotatable bonds is 1. The predicted molar refractivity (Wildman–Crippen MR) is 71.9 cm³/mol. The van der Waals surface area contributed by atoms with Crippen LogP contribution in [-0.4, -0.2) is 47.9 Å². The van der Waals surface area contributed by atoms with Gasteiger partial charge in [0, 0.05) is 25.8 Å². The van der Waals surface area contributed by atoms with Crippen molar-refractivity contribution in [2.24, 2.45) is 0 Å². The number of carbonyl (C=O) groups is 2. The maximum Gasteiger partial charge on any atom is 0.315 e. The summed E-state index contributed by atoms with van der Waals surface area (Å²) in [6.45, 7) is 2.70. The Hall–Kier alpha value is -1.66. The van der Waals surface area contributed by atoms with Crippen LogP contribution in [-0.2, 0) is 9.59 Å². The van der Waals surface area contributed by atoms with E-state index in [4.69, 9.17) is 11.6 Å². The second-order valence-corrected chi connectivity index (χ2v) is 4.65. The molecule has 0 radical (unpaired) electrons. The van der Waals surface area contributed by atoms with E-state index in [1.807, 2.05) is 0 Å². The highest BCUT2D eigenvalue weighted by Gasteiger charge is 2.22. The second-order valence-electron chi connectivity index (χ2n) is 4.21. The molecule has 7 heteroatoms. The highest BCUT2D eigenvalue weighted by atomic mass is 35.5. The van der Waals surface area contributed by atoms with Gasteiger partial charge in [0.1, 0.15) is 5.82 Å². The normalized spacial score (nSPS) is 15.7. The second kappa shape index (κ2) is 6.49. The van der Waals surface area contributed by atoms with E-state index in [2.05, 4.69) is 15.6 Å². The summed E-state index contributed by atoms with van der Waals surface area (Å²) in [5.74, 6) is -0.882. The number of hydrogen-bond donors (Lipinski definition) is 2. The standard InChI is InChI=1S/C12H15ClN4O2/c13-9-2-3-10(15-8-9)16-11(18)12(19)17-6-1-4-14-5-7-17/h2-3,8,14H,1,4-7H2,(H,15,16,18). The smallest absolute Gasteiger partial charge is 0.315 e. The fourth-order valence-corrected chi connectivity index (χ4v) is 1.92. The number of nitrogens with one attached hydrogen (secondary N) is 2. The van der Waals surface area contributed by atoms with Crippen molar-refractivity contribution >= 4 is 29.2 Å². The predicted octanol–water partition coefficient (Wildman–Crippen LogP) is 0.495. The number of anilines is 1. The number of hydrogen-bond acceptors (Lipinski definition) is 4. The molecule has 0 atom stereocenters. The van der Waals surface area contributed by atoms with Crippen molar-refractivity contribution in [1.82, 2.24) is 15.2 Å². The van der Waals surface area contributed by atoms with Gasteiger partial charge in [0.05, 0.1) is 5.02 Å². The largest absolute Gasteiger partial charge is 0.333 e. The van der Waals surface area contributed by atoms with Crippen LogP contribution in [0.1, 0.15) is 6.42 Å². The first kappa shape index (κ1) is 13.8. The van der Waals surface area contributed by atoms with Crippen molar-refractivity contribution in [2.45, 2.75) is 6.42 Å². The zero-order valence-electron chi connectivity index (χ0n) is 10.4. The number of nitrogens with zero attached hydrogens (tertiary/aromatic N) is 2. The zero-order valence-corrected chi connectivity index (χ0v) is 11.1. The summed E-state index contributed by atoms with van der Waals surface area (Å²) in [7, 11) is 0. The maximum absolute atomic E-state index is 12.0. The lowest BCUT2D eigenvalue weighted by Crippen LogP contribution is -2.41. The van der Waals surface area contributed by atoms with E-state index in [-0.39, 0.29) is 0 Å². The van der Waals surface area contributed by atoms with Crippen molar-refractivity contribution in [3.05, 3.63) is 23.4 Å². The maximum atomic E-state index is 12.0. The first-order valence-corrected chi connectivity index (χ1v) is 6.47. The summed E-state index contributed by atoms with van der Waals surface area (Å²) in [4.78, 5) is 29.2. The third kappa shape index (κ3) is 3.90. The van der Waals surface area contributed by atoms with Crippen LogP contribution in [0, 0.1) is 0 Å². The number of carbonyl (C=O) groups excluding carboxylic acids is 2. The highest BCUT2D eigenvalue weighted by Crippen LogP contribution is 2.09. The van der Waals surface area contributed by atoms with Crippen molar-refractivity contribution in [3.8, 4) is 0 Å². The lowest BCUT2D eigenvalue weighted by atomic mass is 10.3. The Kier molecular flexibility index (Phi) is 4.70. The summed E-state index contributed by atoms with van der Waals surface area (Å²) in [6.07, 6.45) is 2.26. The molecule has 1 aromatic heterocycles. The van der Waals surface area contributed by atoms with Crippen LogP contribution in [0.2, 0.25) is 5.02 Å². The third-order valence-corrected chi connectivity index (χ3v) is 3.01. The van der Waals surface area contributed by atoms with Crippen molar-refractivity contribution in [2.75, 3.05) is 31.5 Å². The van der Waals surface area contributed by atoms with E-state index in [9.17, 15) is 9.59 Å². The van der Waals surface area contributed by atoms with E-state index in [0.717, 1.165) is 13.0 Å². The Balaban J connectivity index is 1.94. The van der Waals surface area contributed by atoms with Gasteiger partial charge in [-0.3, -0.25) is 9.59 Å². The van der Waals surface area contributed by atoms with Gasteiger partial charge in [0.15, 0.2) is 0 Å². The van der Waals surface area contributed by atoms with Crippen LogP contribution in [0.5, 0.6) is 0 Å². The third-order valence-electron chi connectivity index (χ3n) is 2.79. The number of pyridine rings is 1. The first-order chi connectivity index (χ1) is 9.16. The summed E-state index contributed by atoms with van der Waals surface area (Å²) in [5.41, 5.74) is 0. The van der Waals surface area contributed by atoms with E-state index in [0.29, 0.717) is 30.5 Å². The van der Waals surface area contributed by atoms with Crippen LogP contribution in [0.3, 0.4) is 0 Å². The van der Waals surface area contributed by atoms with Crippen molar-refractivity contribution < 1.29 is 9.59 Å². The molecule has 19 heavy (non-hydrogen) atoms. The molecule has 0 aromatic carbocycles. The molecule has 1 fully saturated rings. The molecule has 0 spiro atoms. The Labute approximate surface area is 116 Å². The topological polar surface area (TPSA) is 74.3 Å². The summed E-state index contributed by atoms with van der Waals surface area (Å²) in [6, 6.07) is 3.15. The molecule has 0 bridgehead atoms. The van der Waals surface area contributed by atoms with Crippen LogP contribution >= 0.6 is 11.6 Å². The molecule has 1 aliphatic rings. The summed E-state index contributed by atoms with van der Waals surface area (Å²) >= 11 is 5.69. The van der Waals surface area contributed by atoms with Gasteiger partial charge in [-0.2, -0.15) is 0 Å². The monoisotopic (exact) mass is 282 g/mol. The molecule has 0 saturated carbocycles. The van der Waals surface area contributed by atoms with Gasteiger partial charge in [0.25, 0.3) is 0 Å². The Bertz CT molecular complexity index is 455. The SMILES string of the molecule is O=C(Nc1ccc(Cl)cn1)C(=O)N1CCCNCC1. The van der Waals surface area contributed by atoms with Gasteiger partial charge in [-0.15, -0.1) is 0 Å². The first-order valence-electron chi connectivity index (χ1n) is 6.09. The van der Waals surface area contributed by atoms with Crippen LogP contribution < -0.4 is 10.6 Å². The quantitative estimate of drug-likeness (QED) is 0.736. The number of halogens is 1. The Morgan fingerprint density at radius 2 is 2.16 bits per heavy atom. The van der Waals surface area contributed by atoms with Crippen molar-refractivity contribution in [3.63, 3.8) is 0 Å². The average molecular weight is 283 g/mol. The number of amides is 2. The van der Waals surface area contributed by atoms with E-state index in [1.54, 1.807) is 17.0 Å². The lowest BCUT2D eigenvalue weighted by molar-refractivity contribution is -0.143. The minimum atomic E-state index is -0.670. The summed E-state index contributed by atoms with van der Waals surface area (Å²) < 4.78 is 0. The molecule has 1 saturated heterocycles. The van der Waals surface area contributed by atoms with Gasteiger partial charge >= 0.3 is 11.8 Å². The molecule has 6 nitrogen and oxygen atoms in total. The van der Waals surface area contributed by atoms with Gasteiger partial charge in [-0.25, -0.2) is 4.98 Å². The molecule has 1 aliphatic heterocycles. The molecule has 2 rings (SSSR count). The van der Waals surface area contributed by atoms with Crippen LogP contribution in [0.25, 0.3) is 0 Å². The van der Waals surface area contributed by atoms with Gasteiger partial charge in [0.2, 0.25) is 0 Å². The number of aromatic nitrogens is 1. The Morgan fingerprint density at radius 1 is 1.32 bits per heavy atom. The molecule has 2 heterocycles. The minimum absolute atomic E-state index is 0.315. The average Bonchev–Trinajstić information content (AvgIpc) is 2.69. The van der Waals surface area contributed by atoms with Gasteiger partial charge < -0.3 is 15.5 Å². The molecular formula is C12H15ClN4O2.